The average molecular weight is 311 g/mol. The molecule has 0 saturated heterocycles. The summed E-state index contributed by atoms with van der Waals surface area (Å²) in [5, 5.41) is 28.0. The van der Waals surface area contributed by atoms with Crippen molar-refractivity contribution in [3.63, 3.8) is 0 Å². The highest BCUT2D eigenvalue weighted by Gasteiger charge is 2.36. The van der Waals surface area contributed by atoms with E-state index in [0.717, 1.165) is 4.92 Å². The van der Waals surface area contributed by atoms with Gasteiger partial charge in [0.05, 0.1) is 11.3 Å². The van der Waals surface area contributed by atoms with E-state index >= 15 is 0 Å². The Hall–Kier alpha value is -2.71. The summed E-state index contributed by atoms with van der Waals surface area (Å²) in [5.41, 5.74) is 2.11. The maximum Gasteiger partial charge on any atom is 0.392 e. The Kier molecular flexibility index (Phi) is 3.63. The second-order valence-corrected chi connectivity index (χ2v) is 5.34. The molecular formula is C15H16BN4O3-. The van der Waals surface area contributed by atoms with Crippen LogP contribution in [0.2, 0.25) is 0 Å². The fourth-order valence-corrected chi connectivity index (χ4v) is 2.63. The number of aromatic nitrogens is 1. The number of amides is 1. The molecular weight excluding hydrogens is 295 g/mol. The van der Waals surface area contributed by atoms with Gasteiger partial charge < -0.3 is 20.3 Å². The molecule has 2 heterocycles. The minimum Gasteiger partial charge on any atom is -0.560 e. The number of anilines is 1. The number of hydrogen-bond acceptors (Lipinski definition) is 6. The lowest BCUT2D eigenvalue weighted by molar-refractivity contribution is 0.0963. The van der Waals surface area contributed by atoms with Gasteiger partial charge in [0.15, 0.2) is 0 Å². The summed E-state index contributed by atoms with van der Waals surface area (Å²) in [6.07, 6.45) is 1.37. The molecule has 0 aliphatic carbocycles. The topological polar surface area (TPSA) is 98.1 Å². The molecule has 1 aliphatic heterocycles. The van der Waals surface area contributed by atoms with E-state index in [2.05, 4.69) is 15.4 Å². The van der Waals surface area contributed by atoms with Crippen molar-refractivity contribution >= 4 is 29.6 Å². The Labute approximate surface area is 133 Å². The maximum absolute atomic E-state index is 11.6. The Morgan fingerprint density at radius 2 is 1.96 bits per heavy atom. The third-order valence-corrected chi connectivity index (χ3v) is 3.84. The summed E-state index contributed by atoms with van der Waals surface area (Å²) in [5.74, 6) is -0.0194. The summed E-state index contributed by atoms with van der Waals surface area (Å²) in [6.45, 7) is -1.29. The van der Waals surface area contributed by atoms with Gasteiger partial charge in [-0.25, -0.2) is 10.1 Å². The summed E-state index contributed by atoms with van der Waals surface area (Å²) in [6, 6.07) is 10.1. The zero-order chi connectivity index (χ0) is 16.6. The van der Waals surface area contributed by atoms with Crippen LogP contribution in [0.1, 0.15) is 22.8 Å². The van der Waals surface area contributed by atoms with Gasteiger partial charge >= 0.3 is 6.69 Å². The molecule has 0 unspecified atom stereocenters. The summed E-state index contributed by atoms with van der Waals surface area (Å²) in [4.78, 5) is 16.8. The van der Waals surface area contributed by atoms with E-state index in [4.69, 9.17) is 0 Å². The first-order valence-corrected chi connectivity index (χ1v) is 7.17. The number of fused-ring (bicyclic) bond motifs is 1. The van der Waals surface area contributed by atoms with E-state index in [0.29, 0.717) is 22.3 Å². The lowest BCUT2D eigenvalue weighted by atomic mass is 9.60. The molecule has 0 bridgehead atoms. The van der Waals surface area contributed by atoms with Crippen LogP contribution in [0.5, 0.6) is 0 Å². The van der Waals surface area contributed by atoms with Gasteiger partial charge in [0.1, 0.15) is 5.82 Å². The van der Waals surface area contributed by atoms with Gasteiger partial charge in [0, 0.05) is 13.2 Å². The van der Waals surface area contributed by atoms with Crippen LogP contribution in [0.3, 0.4) is 0 Å². The Bertz CT molecular complexity index is 790. The number of nitrogens with one attached hydrogen (secondary N) is 1. The molecule has 0 atom stereocenters. The first kappa shape index (κ1) is 15.2. The molecule has 23 heavy (non-hydrogen) atoms. The van der Waals surface area contributed by atoms with Crippen molar-refractivity contribution in [2.75, 3.05) is 12.0 Å². The predicted octanol–water partition coefficient (Wildman–Crippen LogP) is -0.184. The third kappa shape index (κ3) is 2.47. The van der Waals surface area contributed by atoms with Crippen LogP contribution in [-0.2, 0) is 0 Å². The highest BCUT2D eigenvalue weighted by Crippen LogP contribution is 2.22. The van der Waals surface area contributed by atoms with Crippen molar-refractivity contribution in [2.24, 2.45) is 5.10 Å². The Morgan fingerprint density at radius 3 is 2.61 bits per heavy atom. The first-order valence-electron chi connectivity index (χ1n) is 7.17. The van der Waals surface area contributed by atoms with E-state index < -0.39 is 6.69 Å². The molecule has 1 aromatic carbocycles. The zero-order valence-electron chi connectivity index (χ0n) is 12.8. The highest BCUT2D eigenvalue weighted by molar-refractivity contribution is 6.83. The van der Waals surface area contributed by atoms with Gasteiger partial charge in [-0.1, -0.05) is 24.3 Å². The Balaban J connectivity index is 2.04. The van der Waals surface area contributed by atoms with Crippen molar-refractivity contribution in [1.82, 2.24) is 10.3 Å². The molecule has 0 radical (unpaired) electrons. The zero-order valence-corrected chi connectivity index (χ0v) is 12.8. The third-order valence-electron chi connectivity index (χ3n) is 3.84. The normalized spacial score (nSPS) is 15.7. The molecule has 1 amide bonds. The lowest BCUT2D eigenvalue weighted by Gasteiger charge is -2.44. The second kappa shape index (κ2) is 5.49. The largest absolute Gasteiger partial charge is 0.560 e. The number of benzene rings is 1. The number of rotatable bonds is 2. The van der Waals surface area contributed by atoms with Gasteiger partial charge in [-0.05, 0) is 24.6 Å². The SMILES string of the molecule is CNC(=O)c1ccc(N2N=C(C)c3ccccc3[B-]2(O)O)nc1. The van der Waals surface area contributed by atoms with Crippen molar-refractivity contribution in [2.45, 2.75) is 6.92 Å². The monoisotopic (exact) mass is 311 g/mol. The van der Waals surface area contributed by atoms with Crippen molar-refractivity contribution in [1.29, 1.82) is 0 Å². The van der Waals surface area contributed by atoms with E-state index in [1.54, 1.807) is 31.2 Å². The quantitative estimate of drug-likeness (QED) is 0.668. The molecule has 0 spiro atoms. The fraction of sp³-hybridized carbons (Fsp3) is 0.133. The molecule has 2 aromatic rings. The van der Waals surface area contributed by atoms with E-state index in [9.17, 15) is 14.8 Å². The molecule has 7 nitrogen and oxygen atoms in total. The molecule has 0 saturated carbocycles. The summed E-state index contributed by atoms with van der Waals surface area (Å²) < 4.78 is 0. The van der Waals surface area contributed by atoms with Crippen molar-refractivity contribution < 1.29 is 14.8 Å². The summed E-state index contributed by atoms with van der Waals surface area (Å²) >= 11 is 0. The number of carbonyl (C=O) groups excluding carboxylic acids is 1. The highest BCUT2D eigenvalue weighted by atomic mass is 16.4. The minimum absolute atomic E-state index is 0.247. The van der Waals surface area contributed by atoms with Gasteiger partial charge in [-0.15, -0.1) is 5.46 Å². The summed E-state index contributed by atoms with van der Waals surface area (Å²) in [7, 11) is 1.53. The minimum atomic E-state index is -3.07. The fourth-order valence-electron chi connectivity index (χ4n) is 2.63. The standard InChI is InChI=1S/C15H16BN4O3/c1-10-12-5-3-4-6-13(12)16(22,23)20(19-10)14-8-7-11(9-18-14)15(21)17-2/h3-9,22-23H,1-2H3,(H,17,21)/q-1. The van der Waals surface area contributed by atoms with Crippen LogP contribution in [0.4, 0.5) is 5.82 Å². The number of hydrazone groups is 1. The van der Waals surface area contributed by atoms with E-state index in [-0.39, 0.29) is 11.7 Å². The van der Waals surface area contributed by atoms with Crippen LogP contribution >= 0.6 is 0 Å². The second-order valence-electron chi connectivity index (χ2n) is 5.34. The van der Waals surface area contributed by atoms with Crippen LogP contribution in [-0.4, -0.2) is 40.4 Å². The van der Waals surface area contributed by atoms with Crippen molar-refractivity contribution in [3.05, 3.63) is 53.7 Å². The molecule has 8 heteroatoms. The van der Waals surface area contributed by atoms with Crippen LogP contribution in [0, 0.1) is 0 Å². The number of carbonyl (C=O) groups is 1. The van der Waals surface area contributed by atoms with Gasteiger partial charge in [0.2, 0.25) is 0 Å². The van der Waals surface area contributed by atoms with Gasteiger partial charge in [-0.3, -0.25) is 4.79 Å². The lowest BCUT2D eigenvalue weighted by Crippen LogP contribution is -2.65. The molecule has 1 aliphatic rings. The molecule has 3 N–H and O–H groups in total. The van der Waals surface area contributed by atoms with Crippen molar-refractivity contribution in [3.8, 4) is 0 Å². The van der Waals surface area contributed by atoms with E-state index in [1.165, 1.54) is 19.3 Å². The maximum atomic E-state index is 11.6. The van der Waals surface area contributed by atoms with Gasteiger partial charge in [0.25, 0.3) is 5.91 Å². The molecule has 118 valence electrons. The molecule has 3 rings (SSSR count). The van der Waals surface area contributed by atoms with Crippen LogP contribution in [0.15, 0.2) is 47.7 Å². The molecule has 1 aromatic heterocycles. The van der Waals surface area contributed by atoms with Crippen LogP contribution in [0.25, 0.3) is 0 Å². The van der Waals surface area contributed by atoms with Crippen LogP contribution < -0.4 is 15.7 Å². The average Bonchev–Trinajstić information content (AvgIpc) is 2.58. The number of hydrogen-bond donors (Lipinski definition) is 3. The van der Waals surface area contributed by atoms with Gasteiger partial charge in [-0.2, -0.15) is 0 Å². The molecule has 0 fully saturated rings. The Morgan fingerprint density at radius 1 is 1.22 bits per heavy atom. The number of pyridine rings is 1. The van der Waals surface area contributed by atoms with E-state index in [1.807, 2.05) is 6.07 Å². The predicted molar refractivity (Wildman–Crippen MR) is 88.6 cm³/mol. The smallest absolute Gasteiger partial charge is 0.392 e. The first-order chi connectivity index (χ1) is 10.9. The number of nitrogens with zero attached hydrogens (tertiary/aromatic N) is 3.